The molecule has 1 fully saturated rings. The van der Waals surface area contributed by atoms with Crippen molar-refractivity contribution in [2.45, 2.75) is 69.1 Å². The average molecular weight is 332 g/mol. The predicted octanol–water partition coefficient (Wildman–Crippen LogP) is -0.535. The van der Waals surface area contributed by atoms with Crippen LogP contribution in [0, 0.1) is 0 Å². The zero-order valence-corrected chi connectivity index (χ0v) is 13.8. The zero-order valence-electron chi connectivity index (χ0n) is 13.8. The summed E-state index contributed by atoms with van der Waals surface area (Å²) in [6.07, 6.45) is -1.48. The van der Waals surface area contributed by atoms with Crippen molar-refractivity contribution in [3.05, 3.63) is 24.8 Å². The minimum Gasteiger partial charge on any atom is -0.394 e. The second-order valence-electron chi connectivity index (χ2n) is 6.59. The molecule has 1 heterocycles. The molecule has 0 saturated carbocycles. The van der Waals surface area contributed by atoms with Gasteiger partial charge in [-0.3, -0.25) is 0 Å². The van der Waals surface area contributed by atoms with Gasteiger partial charge < -0.3 is 35.0 Å². The van der Waals surface area contributed by atoms with Crippen LogP contribution in [0.3, 0.4) is 0 Å². The van der Waals surface area contributed by atoms with Crippen molar-refractivity contribution in [2.24, 2.45) is 0 Å². The predicted molar refractivity (Wildman–Crippen MR) is 83.5 cm³/mol. The van der Waals surface area contributed by atoms with Crippen molar-refractivity contribution in [1.82, 2.24) is 0 Å². The first-order chi connectivity index (χ1) is 10.5. The summed E-state index contributed by atoms with van der Waals surface area (Å²) in [6, 6.07) is 0. The molecule has 1 aliphatic rings. The SMILES string of the molecule is C=C[C@](C)(C/C=C/C(C)(C)O)O[C@@H]1O[C@H](CO)[C@@H](O)[C@H](O)[C@H]1O. The lowest BCUT2D eigenvalue weighted by molar-refractivity contribution is -0.318. The van der Waals surface area contributed by atoms with E-state index in [1.54, 1.807) is 32.9 Å². The molecule has 0 aromatic carbocycles. The highest BCUT2D eigenvalue weighted by molar-refractivity contribution is 5.05. The average Bonchev–Trinajstić information content (AvgIpc) is 2.46. The molecule has 7 heteroatoms. The number of aliphatic hydroxyl groups is 5. The third kappa shape index (κ3) is 5.65. The van der Waals surface area contributed by atoms with Crippen molar-refractivity contribution < 1.29 is 35.0 Å². The van der Waals surface area contributed by atoms with Gasteiger partial charge in [-0.2, -0.15) is 0 Å². The van der Waals surface area contributed by atoms with Crippen LogP contribution in [-0.4, -0.2) is 74.0 Å². The van der Waals surface area contributed by atoms with Crippen LogP contribution in [0.5, 0.6) is 0 Å². The highest BCUT2D eigenvalue weighted by atomic mass is 16.7. The van der Waals surface area contributed by atoms with Gasteiger partial charge in [0.15, 0.2) is 6.29 Å². The summed E-state index contributed by atoms with van der Waals surface area (Å²) in [6.45, 7) is 8.14. The Kier molecular flexibility index (Phi) is 6.91. The summed E-state index contributed by atoms with van der Waals surface area (Å²) in [5, 5.41) is 48.4. The fourth-order valence-electron chi connectivity index (χ4n) is 2.19. The van der Waals surface area contributed by atoms with E-state index in [-0.39, 0.29) is 0 Å². The van der Waals surface area contributed by atoms with Gasteiger partial charge in [-0.15, -0.1) is 6.58 Å². The molecule has 1 aliphatic heterocycles. The Labute approximate surface area is 136 Å². The normalized spacial score (nSPS) is 35.2. The van der Waals surface area contributed by atoms with Gasteiger partial charge in [0.1, 0.15) is 24.4 Å². The van der Waals surface area contributed by atoms with Crippen LogP contribution in [0.2, 0.25) is 0 Å². The van der Waals surface area contributed by atoms with Crippen LogP contribution in [0.25, 0.3) is 0 Å². The minimum absolute atomic E-state index is 0.343. The molecule has 0 amide bonds. The molecule has 0 radical (unpaired) electrons. The third-order valence-electron chi connectivity index (χ3n) is 3.71. The molecule has 0 bridgehead atoms. The van der Waals surface area contributed by atoms with Crippen LogP contribution in [0.1, 0.15) is 27.2 Å². The smallest absolute Gasteiger partial charge is 0.187 e. The maximum Gasteiger partial charge on any atom is 0.187 e. The summed E-state index contributed by atoms with van der Waals surface area (Å²) in [7, 11) is 0. The van der Waals surface area contributed by atoms with Crippen molar-refractivity contribution in [2.75, 3.05) is 6.61 Å². The van der Waals surface area contributed by atoms with E-state index in [1.165, 1.54) is 6.08 Å². The first-order valence-corrected chi connectivity index (χ1v) is 7.55. The zero-order chi connectivity index (χ0) is 17.8. The highest BCUT2D eigenvalue weighted by Gasteiger charge is 2.45. The third-order valence-corrected chi connectivity index (χ3v) is 3.71. The van der Waals surface area contributed by atoms with Crippen molar-refractivity contribution in [3.8, 4) is 0 Å². The van der Waals surface area contributed by atoms with E-state index in [9.17, 15) is 25.5 Å². The molecule has 6 atom stereocenters. The van der Waals surface area contributed by atoms with Gasteiger partial charge in [0.2, 0.25) is 0 Å². The van der Waals surface area contributed by atoms with E-state index >= 15 is 0 Å². The summed E-state index contributed by atoms with van der Waals surface area (Å²) in [5.74, 6) is 0. The maximum atomic E-state index is 10.0. The highest BCUT2D eigenvalue weighted by Crippen LogP contribution is 2.28. The van der Waals surface area contributed by atoms with Gasteiger partial charge in [-0.25, -0.2) is 0 Å². The number of hydrogen-bond donors (Lipinski definition) is 5. The van der Waals surface area contributed by atoms with Crippen LogP contribution in [0.15, 0.2) is 24.8 Å². The monoisotopic (exact) mass is 332 g/mol. The van der Waals surface area contributed by atoms with Crippen molar-refractivity contribution >= 4 is 0 Å². The van der Waals surface area contributed by atoms with Gasteiger partial charge in [-0.1, -0.05) is 18.2 Å². The van der Waals surface area contributed by atoms with E-state index in [0.29, 0.717) is 6.42 Å². The molecule has 1 rings (SSSR count). The van der Waals surface area contributed by atoms with Crippen LogP contribution in [-0.2, 0) is 9.47 Å². The van der Waals surface area contributed by atoms with Crippen LogP contribution in [0.4, 0.5) is 0 Å². The first-order valence-electron chi connectivity index (χ1n) is 7.55. The van der Waals surface area contributed by atoms with Crippen molar-refractivity contribution in [3.63, 3.8) is 0 Å². The Morgan fingerprint density at radius 2 is 1.74 bits per heavy atom. The molecule has 134 valence electrons. The molecule has 0 aromatic rings. The molecule has 5 N–H and O–H groups in total. The van der Waals surface area contributed by atoms with E-state index < -0.39 is 48.5 Å². The van der Waals surface area contributed by atoms with Gasteiger partial charge in [-0.05, 0) is 27.2 Å². The molecule has 23 heavy (non-hydrogen) atoms. The van der Waals surface area contributed by atoms with E-state index in [0.717, 1.165) is 0 Å². The molecule has 1 saturated heterocycles. The minimum atomic E-state index is -1.49. The Morgan fingerprint density at radius 1 is 1.13 bits per heavy atom. The summed E-state index contributed by atoms with van der Waals surface area (Å²) in [4.78, 5) is 0. The summed E-state index contributed by atoms with van der Waals surface area (Å²) >= 11 is 0. The Balaban J connectivity index is 2.80. The van der Waals surface area contributed by atoms with Gasteiger partial charge in [0.25, 0.3) is 0 Å². The van der Waals surface area contributed by atoms with Crippen LogP contribution < -0.4 is 0 Å². The Hall–Kier alpha value is -0.800. The maximum absolute atomic E-state index is 10.0. The lowest BCUT2D eigenvalue weighted by atomic mass is 9.97. The topological polar surface area (TPSA) is 120 Å². The van der Waals surface area contributed by atoms with Gasteiger partial charge >= 0.3 is 0 Å². The molecule has 0 unspecified atom stereocenters. The number of aliphatic hydroxyl groups excluding tert-OH is 4. The van der Waals surface area contributed by atoms with E-state index in [2.05, 4.69) is 6.58 Å². The number of rotatable bonds is 7. The largest absolute Gasteiger partial charge is 0.394 e. The number of ether oxygens (including phenoxy) is 2. The molecule has 0 aromatic heterocycles. The second kappa shape index (κ2) is 7.85. The van der Waals surface area contributed by atoms with Crippen molar-refractivity contribution in [1.29, 1.82) is 0 Å². The second-order valence-corrected chi connectivity index (χ2v) is 6.59. The summed E-state index contributed by atoms with van der Waals surface area (Å²) < 4.78 is 11.0. The van der Waals surface area contributed by atoms with E-state index in [4.69, 9.17) is 9.47 Å². The van der Waals surface area contributed by atoms with Gasteiger partial charge in [0, 0.05) is 0 Å². The molecular weight excluding hydrogens is 304 g/mol. The quantitative estimate of drug-likeness (QED) is 0.397. The molecular formula is C16H28O7. The number of hydrogen-bond acceptors (Lipinski definition) is 7. The fraction of sp³-hybridized carbons (Fsp3) is 0.750. The lowest BCUT2D eigenvalue weighted by Gasteiger charge is -2.42. The summed E-state index contributed by atoms with van der Waals surface area (Å²) in [5.41, 5.74) is -1.90. The first kappa shape index (κ1) is 20.2. The molecule has 0 spiro atoms. The molecule has 7 nitrogen and oxygen atoms in total. The van der Waals surface area contributed by atoms with Gasteiger partial charge in [0.05, 0.1) is 17.8 Å². The van der Waals surface area contributed by atoms with E-state index in [1.807, 2.05) is 0 Å². The Bertz CT molecular complexity index is 415. The molecule has 0 aliphatic carbocycles. The fourth-order valence-corrected chi connectivity index (χ4v) is 2.19. The Morgan fingerprint density at radius 3 is 2.22 bits per heavy atom. The lowest BCUT2D eigenvalue weighted by Crippen LogP contribution is -2.60. The standard InChI is InChI=1S/C16H28O7/c1-5-16(4,8-6-7-15(2,3)21)23-14-13(20)12(19)11(18)10(9-17)22-14/h5-7,10-14,17-21H,1,8-9H2,2-4H3/b7-6+/t10-,11-,12+,13-,14+,16-/m1/s1. The van der Waals surface area contributed by atoms with Crippen LogP contribution >= 0.6 is 0 Å².